The van der Waals surface area contributed by atoms with Crippen molar-refractivity contribution in [2.75, 3.05) is 31.2 Å². The van der Waals surface area contributed by atoms with Crippen LogP contribution in [0.1, 0.15) is 11.1 Å². The summed E-state index contributed by atoms with van der Waals surface area (Å²) in [5.74, 6) is 1.12. The van der Waals surface area contributed by atoms with E-state index in [1.54, 1.807) is 12.1 Å². The number of pyridine rings is 1. The fourth-order valence-corrected chi connectivity index (χ4v) is 3.15. The summed E-state index contributed by atoms with van der Waals surface area (Å²) in [6.45, 7) is 1.29. The van der Waals surface area contributed by atoms with Crippen LogP contribution in [0.2, 0.25) is 0 Å². The normalized spacial score (nSPS) is 14.1. The summed E-state index contributed by atoms with van der Waals surface area (Å²) >= 11 is 3.35. The zero-order chi connectivity index (χ0) is 18.4. The number of nitrogens with zero attached hydrogens (tertiary/aromatic N) is 2. The van der Waals surface area contributed by atoms with E-state index in [-0.39, 0.29) is 18.2 Å². The first-order valence-corrected chi connectivity index (χ1v) is 9.13. The maximum atomic E-state index is 12.5. The fraction of sp³-hybridized carbons (Fsp3) is 0.389. The highest BCUT2D eigenvalue weighted by Crippen LogP contribution is 2.25. The lowest BCUT2D eigenvalue weighted by Gasteiger charge is -2.27. The average molecular weight is 465 g/mol. The van der Waals surface area contributed by atoms with Gasteiger partial charge in [-0.2, -0.15) is 8.78 Å². The standard InChI is InChI=1S/C18H20BrF2N3O2.ClH/c19-15-2-3-16(26-18(20)21)14(9-15)12-22-10-13-1-4-17(23-11-13)24-5-7-25-8-6-24;/h1-4,9,11,18,22H,5-8,10,12H2;1H. The van der Waals surface area contributed by atoms with Gasteiger partial charge in [-0.05, 0) is 29.8 Å². The Morgan fingerprint density at radius 1 is 1.19 bits per heavy atom. The van der Waals surface area contributed by atoms with Crippen molar-refractivity contribution in [3.63, 3.8) is 0 Å². The maximum absolute atomic E-state index is 12.5. The van der Waals surface area contributed by atoms with Crippen LogP contribution in [-0.2, 0) is 17.8 Å². The van der Waals surface area contributed by atoms with E-state index in [4.69, 9.17) is 4.74 Å². The molecule has 0 amide bonds. The molecule has 3 rings (SSSR count). The van der Waals surface area contributed by atoms with Gasteiger partial charge in [0.15, 0.2) is 0 Å². The van der Waals surface area contributed by atoms with E-state index in [0.29, 0.717) is 18.7 Å². The van der Waals surface area contributed by atoms with Crippen molar-refractivity contribution in [3.05, 3.63) is 52.1 Å². The molecule has 0 spiro atoms. The van der Waals surface area contributed by atoms with E-state index in [1.165, 1.54) is 6.07 Å². The molecule has 9 heteroatoms. The predicted octanol–water partition coefficient (Wildman–Crippen LogP) is 3.99. The first-order valence-electron chi connectivity index (χ1n) is 8.33. The number of nitrogens with one attached hydrogen (secondary N) is 1. The van der Waals surface area contributed by atoms with Crippen LogP contribution in [-0.4, -0.2) is 37.9 Å². The van der Waals surface area contributed by atoms with Gasteiger partial charge in [-0.1, -0.05) is 22.0 Å². The third-order valence-electron chi connectivity index (χ3n) is 4.03. The number of ether oxygens (including phenoxy) is 2. The summed E-state index contributed by atoms with van der Waals surface area (Å²) in [6, 6.07) is 8.99. The number of halogens is 4. The van der Waals surface area contributed by atoms with Crippen LogP contribution < -0.4 is 15.0 Å². The smallest absolute Gasteiger partial charge is 0.387 e. The van der Waals surface area contributed by atoms with Gasteiger partial charge in [-0.15, -0.1) is 12.4 Å². The van der Waals surface area contributed by atoms with Crippen LogP contribution in [0, 0.1) is 0 Å². The van der Waals surface area contributed by atoms with Gasteiger partial charge in [0, 0.05) is 42.4 Å². The molecule has 2 aromatic rings. The van der Waals surface area contributed by atoms with Crippen molar-refractivity contribution in [3.8, 4) is 5.75 Å². The molecular weight excluding hydrogens is 444 g/mol. The quantitative estimate of drug-likeness (QED) is 0.671. The summed E-state index contributed by atoms with van der Waals surface area (Å²) in [4.78, 5) is 6.69. The zero-order valence-electron chi connectivity index (χ0n) is 14.5. The van der Waals surface area contributed by atoms with Crippen molar-refractivity contribution in [2.24, 2.45) is 0 Å². The molecule has 2 heterocycles. The fourth-order valence-electron chi connectivity index (χ4n) is 2.74. The van der Waals surface area contributed by atoms with Crippen molar-refractivity contribution in [1.29, 1.82) is 0 Å². The first-order chi connectivity index (χ1) is 12.6. The molecule has 1 aromatic heterocycles. The van der Waals surface area contributed by atoms with Gasteiger partial charge in [0.2, 0.25) is 0 Å². The minimum Gasteiger partial charge on any atom is -0.434 e. The lowest BCUT2D eigenvalue weighted by Crippen LogP contribution is -2.36. The molecule has 0 aliphatic carbocycles. The lowest BCUT2D eigenvalue weighted by atomic mass is 10.2. The molecule has 1 aliphatic heterocycles. The van der Waals surface area contributed by atoms with Gasteiger partial charge in [0.25, 0.3) is 0 Å². The Hall–Kier alpha value is -1.48. The van der Waals surface area contributed by atoms with Crippen molar-refractivity contribution in [2.45, 2.75) is 19.7 Å². The number of hydrogen-bond donors (Lipinski definition) is 1. The Balaban J connectivity index is 0.00000261. The largest absolute Gasteiger partial charge is 0.434 e. The topological polar surface area (TPSA) is 46.6 Å². The molecule has 0 bridgehead atoms. The summed E-state index contributed by atoms with van der Waals surface area (Å²) in [6.07, 6.45) is 1.83. The van der Waals surface area contributed by atoms with Gasteiger partial charge >= 0.3 is 6.61 Å². The molecule has 1 saturated heterocycles. The number of rotatable bonds is 7. The van der Waals surface area contributed by atoms with Crippen molar-refractivity contribution >= 4 is 34.2 Å². The number of benzene rings is 1. The maximum Gasteiger partial charge on any atom is 0.387 e. The third kappa shape index (κ3) is 6.57. The monoisotopic (exact) mass is 463 g/mol. The number of anilines is 1. The molecule has 0 unspecified atom stereocenters. The number of hydrogen-bond acceptors (Lipinski definition) is 5. The Morgan fingerprint density at radius 3 is 2.63 bits per heavy atom. The van der Waals surface area contributed by atoms with Gasteiger partial charge in [-0.3, -0.25) is 0 Å². The number of alkyl halides is 2. The highest BCUT2D eigenvalue weighted by atomic mass is 79.9. The highest BCUT2D eigenvalue weighted by molar-refractivity contribution is 9.10. The molecule has 1 aromatic carbocycles. The molecule has 27 heavy (non-hydrogen) atoms. The van der Waals surface area contributed by atoms with E-state index in [2.05, 4.69) is 35.9 Å². The summed E-state index contributed by atoms with van der Waals surface area (Å²) in [5, 5.41) is 3.24. The predicted molar refractivity (Wildman–Crippen MR) is 106 cm³/mol. The van der Waals surface area contributed by atoms with E-state index in [0.717, 1.165) is 42.2 Å². The van der Waals surface area contributed by atoms with Crippen molar-refractivity contribution in [1.82, 2.24) is 10.3 Å². The molecule has 1 fully saturated rings. The molecule has 0 radical (unpaired) electrons. The van der Waals surface area contributed by atoms with E-state index >= 15 is 0 Å². The van der Waals surface area contributed by atoms with Gasteiger partial charge < -0.3 is 19.7 Å². The Bertz CT molecular complexity index is 716. The summed E-state index contributed by atoms with van der Waals surface area (Å²) in [7, 11) is 0. The van der Waals surface area contributed by atoms with Gasteiger partial charge in [0.1, 0.15) is 11.6 Å². The number of aromatic nitrogens is 1. The third-order valence-corrected chi connectivity index (χ3v) is 4.52. The molecule has 0 atom stereocenters. The average Bonchev–Trinajstić information content (AvgIpc) is 2.65. The van der Waals surface area contributed by atoms with Crippen LogP contribution in [0.15, 0.2) is 41.0 Å². The summed E-state index contributed by atoms with van der Waals surface area (Å²) in [5.41, 5.74) is 1.69. The Kier molecular flexibility index (Phi) is 8.69. The molecule has 5 nitrogen and oxygen atoms in total. The SMILES string of the molecule is Cl.FC(F)Oc1ccc(Br)cc1CNCc1ccc(N2CCOCC2)nc1. The van der Waals surface area contributed by atoms with Gasteiger partial charge in [-0.25, -0.2) is 4.98 Å². The van der Waals surface area contributed by atoms with E-state index in [1.807, 2.05) is 18.3 Å². The zero-order valence-corrected chi connectivity index (χ0v) is 16.9. The minimum absolute atomic E-state index is 0. The lowest BCUT2D eigenvalue weighted by molar-refractivity contribution is -0.0505. The second-order valence-corrected chi connectivity index (χ2v) is 6.77. The molecule has 1 aliphatic rings. The van der Waals surface area contributed by atoms with E-state index in [9.17, 15) is 8.78 Å². The number of morpholine rings is 1. The molecular formula is C18H21BrClF2N3O2. The van der Waals surface area contributed by atoms with Gasteiger partial charge in [0.05, 0.1) is 13.2 Å². The summed E-state index contributed by atoms with van der Waals surface area (Å²) < 4.78 is 35.7. The van der Waals surface area contributed by atoms with Crippen LogP contribution in [0.25, 0.3) is 0 Å². The molecule has 0 saturated carbocycles. The molecule has 1 N–H and O–H groups in total. The highest BCUT2D eigenvalue weighted by Gasteiger charge is 2.12. The minimum atomic E-state index is -2.84. The van der Waals surface area contributed by atoms with Crippen LogP contribution in [0.3, 0.4) is 0 Å². The second-order valence-electron chi connectivity index (χ2n) is 5.86. The van der Waals surface area contributed by atoms with E-state index < -0.39 is 6.61 Å². The van der Waals surface area contributed by atoms with Crippen LogP contribution in [0.4, 0.5) is 14.6 Å². The second kappa shape index (κ2) is 10.8. The Morgan fingerprint density at radius 2 is 1.96 bits per heavy atom. The van der Waals surface area contributed by atoms with Crippen molar-refractivity contribution < 1.29 is 18.3 Å². The first kappa shape index (κ1) is 21.8. The van der Waals surface area contributed by atoms with Crippen LogP contribution in [0.5, 0.6) is 5.75 Å². The Labute approximate surface area is 171 Å². The van der Waals surface area contributed by atoms with Crippen LogP contribution >= 0.6 is 28.3 Å². The molecule has 148 valence electrons.